The van der Waals surface area contributed by atoms with Crippen LogP contribution in [0.15, 0.2) is 0 Å². The summed E-state index contributed by atoms with van der Waals surface area (Å²) in [6, 6.07) is -0.0335. The molecule has 0 aromatic rings. The first-order valence-electron chi connectivity index (χ1n) is 6.76. The van der Waals surface area contributed by atoms with Crippen molar-refractivity contribution in [3.63, 3.8) is 0 Å². The normalized spacial score (nSPS) is 13.8. The van der Waals surface area contributed by atoms with Crippen LogP contribution >= 0.6 is 0 Å². The Balaban J connectivity index is 3.93. The number of carbonyl (C=O) groups is 1. The third-order valence-electron chi connectivity index (χ3n) is 2.84. The summed E-state index contributed by atoms with van der Waals surface area (Å²) < 4.78 is 0. The zero-order valence-corrected chi connectivity index (χ0v) is 13.0. The second-order valence-corrected chi connectivity index (χ2v) is 6.70. The summed E-state index contributed by atoms with van der Waals surface area (Å²) in [4.78, 5) is 15.9. The second kappa shape index (κ2) is 7.74. The van der Waals surface area contributed by atoms with E-state index in [2.05, 4.69) is 25.7 Å². The van der Waals surface area contributed by atoms with E-state index in [4.69, 9.17) is 5.73 Å². The minimum Gasteiger partial charge on any atom is -0.346 e. The molecule has 0 aliphatic carbocycles. The van der Waals surface area contributed by atoms with Gasteiger partial charge in [0.25, 0.3) is 0 Å². The van der Waals surface area contributed by atoms with Gasteiger partial charge in [0, 0.05) is 26.1 Å². The summed E-state index contributed by atoms with van der Waals surface area (Å²) >= 11 is 0. The molecule has 4 nitrogen and oxygen atoms in total. The number of nitrogens with zero attached hydrogens (tertiary/aromatic N) is 2. The Morgan fingerprint density at radius 2 is 1.72 bits per heavy atom. The standard InChI is InChI=1S/C14H31N3O/c1-14(2,3)11-12(15)10-13(18)17(6)9-7-8-16(4)5/h12H,7-11,15H2,1-6H3. The van der Waals surface area contributed by atoms with Gasteiger partial charge in [0.2, 0.25) is 5.91 Å². The summed E-state index contributed by atoms with van der Waals surface area (Å²) in [5, 5.41) is 0. The fourth-order valence-corrected chi connectivity index (χ4v) is 1.99. The molecule has 0 bridgehead atoms. The molecule has 0 spiro atoms. The summed E-state index contributed by atoms with van der Waals surface area (Å²) in [7, 11) is 5.95. The molecule has 1 amide bonds. The molecule has 0 heterocycles. The van der Waals surface area contributed by atoms with Gasteiger partial charge in [-0.25, -0.2) is 0 Å². The lowest BCUT2D eigenvalue weighted by Gasteiger charge is -2.25. The third-order valence-corrected chi connectivity index (χ3v) is 2.84. The van der Waals surface area contributed by atoms with Gasteiger partial charge in [0.05, 0.1) is 0 Å². The van der Waals surface area contributed by atoms with E-state index >= 15 is 0 Å². The molecule has 0 saturated carbocycles. The van der Waals surface area contributed by atoms with Crippen molar-refractivity contribution in [1.82, 2.24) is 9.80 Å². The van der Waals surface area contributed by atoms with E-state index in [1.54, 1.807) is 4.90 Å². The number of carbonyl (C=O) groups excluding carboxylic acids is 1. The second-order valence-electron chi connectivity index (χ2n) is 6.70. The summed E-state index contributed by atoms with van der Waals surface area (Å²) in [6.45, 7) is 8.26. The van der Waals surface area contributed by atoms with Crippen LogP contribution in [0, 0.1) is 5.41 Å². The van der Waals surface area contributed by atoms with Gasteiger partial charge in [-0.1, -0.05) is 20.8 Å². The maximum absolute atomic E-state index is 11.9. The molecule has 0 rings (SSSR count). The highest BCUT2D eigenvalue weighted by Gasteiger charge is 2.19. The van der Waals surface area contributed by atoms with Crippen molar-refractivity contribution >= 4 is 5.91 Å². The molecule has 2 N–H and O–H groups in total. The summed E-state index contributed by atoms with van der Waals surface area (Å²) in [5.41, 5.74) is 6.20. The fourth-order valence-electron chi connectivity index (χ4n) is 1.99. The molecule has 0 fully saturated rings. The van der Waals surface area contributed by atoms with Crippen LogP contribution in [0.4, 0.5) is 0 Å². The topological polar surface area (TPSA) is 49.6 Å². The summed E-state index contributed by atoms with van der Waals surface area (Å²) in [6.07, 6.45) is 2.34. The quantitative estimate of drug-likeness (QED) is 0.753. The van der Waals surface area contributed by atoms with Crippen LogP contribution in [0.5, 0.6) is 0 Å². The van der Waals surface area contributed by atoms with Gasteiger partial charge in [-0.3, -0.25) is 4.79 Å². The average Bonchev–Trinajstić information content (AvgIpc) is 2.13. The Morgan fingerprint density at radius 1 is 1.17 bits per heavy atom. The molecule has 0 aromatic heterocycles. The van der Waals surface area contributed by atoms with E-state index in [-0.39, 0.29) is 17.4 Å². The van der Waals surface area contributed by atoms with Crippen molar-refractivity contribution in [2.75, 3.05) is 34.2 Å². The van der Waals surface area contributed by atoms with E-state index in [0.717, 1.165) is 25.9 Å². The van der Waals surface area contributed by atoms with Gasteiger partial charge >= 0.3 is 0 Å². The lowest BCUT2D eigenvalue weighted by molar-refractivity contribution is -0.130. The molecule has 18 heavy (non-hydrogen) atoms. The molecule has 0 aromatic carbocycles. The molecule has 0 aliphatic heterocycles. The smallest absolute Gasteiger partial charge is 0.223 e. The Kier molecular flexibility index (Phi) is 7.48. The molecule has 0 saturated heterocycles. The number of nitrogens with two attached hydrogens (primary N) is 1. The van der Waals surface area contributed by atoms with Crippen LogP contribution in [-0.4, -0.2) is 56.0 Å². The highest BCUT2D eigenvalue weighted by molar-refractivity contribution is 5.76. The van der Waals surface area contributed by atoms with Crippen molar-refractivity contribution in [2.24, 2.45) is 11.1 Å². The van der Waals surface area contributed by atoms with Crippen LogP contribution in [0.2, 0.25) is 0 Å². The monoisotopic (exact) mass is 257 g/mol. The maximum atomic E-state index is 11.9. The Bertz CT molecular complexity index is 246. The maximum Gasteiger partial charge on any atom is 0.223 e. The van der Waals surface area contributed by atoms with Crippen LogP contribution in [0.25, 0.3) is 0 Å². The predicted molar refractivity (Wildman–Crippen MR) is 77.5 cm³/mol. The van der Waals surface area contributed by atoms with Crippen molar-refractivity contribution in [3.8, 4) is 0 Å². The van der Waals surface area contributed by atoms with Gasteiger partial charge in [0.15, 0.2) is 0 Å². The first-order chi connectivity index (χ1) is 8.11. The Hall–Kier alpha value is -0.610. The first-order valence-corrected chi connectivity index (χ1v) is 6.76. The van der Waals surface area contributed by atoms with Crippen LogP contribution < -0.4 is 5.73 Å². The summed E-state index contributed by atoms with van der Waals surface area (Å²) in [5.74, 6) is 0.158. The van der Waals surface area contributed by atoms with Crippen LogP contribution in [-0.2, 0) is 4.79 Å². The van der Waals surface area contributed by atoms with E-state index in [9.17, 15) is 4.79 Å². The predicted octanol–water partition coefficient (Wildman–Crippen LogP) is 1.55. The van der Waals surface area contributed by atoms with Crippen LogP contribution in [0.3, 0.4) is 0 Å². The number of rotatable bonds is 7. The molecule has 108 valence electrons. The number of hydrogen-bond acceptors (Lipinski definition) is 3. The average molecular weight is 257 g/mol. The zero-order chi connectivity index (χ0) is 14.3. The minimum absolute atomic E-state index is 0.0335. The molecule has 4 heteroatoms. The van der Waals surface area contributed by atoms with Crippen molar-refractivity contribution in [2.45, 2.75) is 46.1 Å². The lowest BCUT2D eigenvalue weighted by atomic mass is 9.87. The molecule has 1 unspecified atom stereocenters. The molecule has 1 atom stereocenters. The van der Waals surface area contributed by atoms with E-state index in [1.165, 1.54) is 0 Å². The van der Waals surface area contributed by atoms with Crippen molar-refractivity contribution in [1.29, 1.82) is 0 Å². The fraction of sp³-hybridized carbons (Fsp3) is 0.929. The highest BCUT2D eigenvalue weighted by Crippen LogP contribution is 2.21. The minimum atomic E-state index is -0.0335. The van der Waals surface area contributed by atoms with Crippen molar-refractivity contribution < 1.29 is 4.79 Å². The van der Waals surface area contributed by atoms with Gasteiger partial charge in [-0.2, -0.15) is 0 Å². The van der Waals surface area contributed by atoms with E-state index < -0.39 is 0 Å². The molecular formula is C14H31N3O. The van der Waals surface area contributed by atoms with Crippen molar-refractivity contribution in [3.05, 3.63) is 0 Å². The van der Waals surface area contributed by atoms with Gasteiger partial charge in [-0.15, -0.1) is 0 Å². The zero-order valence-electron chi connectivity index (χ0n) is 13.0. The van der Waals surface area contributed by atoms with Gasteiger partial charge in [-0.05, 0) is 38.9 Å². The number of amides is 1. The van der Waals surface area contributed by atoms with E-state index in [0.29, 0.717) is 6.42 Å². The largest absolute Gasteiger partial charge is 0.346 e. The lowest BCUT2D eigenvalue weighted by Crippen LogP contribution is -2.36. The molecular weight excluding hydrogens is 226 g/mol. The van der Waals surface area contributed by atoms with Gasteiger partial charge < -0.3 is 15.5 Å². The molecule has 0 radical (unpaired) electrons. The Morgan fingerprint density at radius 3 is 2.17 bits per heavy atom. The van der Waals surface area contributed by atoms with E-state index in [1.807, 2.05) is 21.1 Å². The SMILES string of the molecule is CN(C)CCCN(C)C(=O)CC(N)CC(C)(C)C. The third kappa shape index (κ3) is 9.42. The number of hydrogen-bond donors (Lipinski definition) is 1. The first kappa shape index (κ1) is 17.4. The van der Waals surface area contributed by atoms with Gasteiger partial charge in [0.1, 0.15) is 0 Å². The van der Waals surface area contributed by atoms with Crippen LogP contribution in [0.1, 0.15) is 40.0 Å². The molecule has 0 aliphatic rings. The Labute approximate surface area is 113 Å². The highest BCUT2D eigenvalue weighted by atomic mass is 16.2.